The lowest BCUT2D eigenvalue weighted by atomic mass is 10.1. The number of nitrogens with zero attached hydrogens (tertiary/aromatic N) is 1. The molecule has 0 aliphatic rings. The quantitative estimate of drug-likeness (QED) is 0.834. The van der Waals surface area contributed by atoms with Gasteiger partial charge in [0.1, 0.15) is 0 Å². The molecule has 0 aliphatic carbocycles. The van der Waals surface area contributed by atoms with Crippen LogP contribution < -0.4 is 10.6 Å². The summed E-state index contributed by atoms with van der Waals surface area (Å²) in [6.45, 7) is 0.789. The molecule has 3 heteroatoms. The van der Waals surface area contributed by atoms with Crippen LogP contribution in [-0.4, -0.2) is 20.6 Å². The monoisotopic (exact) mass is 270 g/mol. The van der Waals surface area contributed by atoms with E-state index in [1.165, 1.54) is 17.7 Å². The Morgan fingerprint density at radius 2 is 2.00 bits per heavy atom. The third kappa shape index (κ3) is 3.84. The number of benzene rings is 1. The van der Waals surface area contributed by atoms with Crippen LogP contribution in [0.15, 0.2) is 22.7 Å². The lowest BCUT2D eigenvalue weighted by molar-refractivity contribution is 0.744. The molecular formula is C12H19BrN2. The van der Waals surface area contributed by atoms with Gasteiger partial charge in [-0.3, -0.25) is 0 Å². The number of hydrogen-bond acceptors (Lipinski definition) is 2. The van der Waals surface area contributed by atoms with Crippen LogP contribution in [0.2, 0.25) is 0 Å². The Kier molecular flexibility index (Phi) is 5.12. The van der Waals surface area contributed by atoms with E-state index in [1.54, 1.807) is 0 Å². The first kappa shape index (κ1) is 12.5. The van der Waals surface area contributed by atoms with Crippen LogP contribution in [0.3, 0.4) is 0 Å². The highest BCUT2D eigenvalue weighted by molar-refractivity contribution is 9.10. The third-order valence-corrected chi connectivity index (χ3v) is 3.05. The highest BCUT2D eigenvalue weighted by Gasteiger charge is 2.02. The molecule has 2 nitrogen and oxygen atoms in total. The molecule has 1 aromatic carbocycles. The molecule has 0 atom stereocenters. The van der Waals surface area contributed by atoms with Gasteiger partial charge in [-0.15, -0.1) is 0 Å². The van der Waals surface area contributed by atoms with E-state index in [0.29, 0.717) is 0 Å². The number of nitrogens with two attached hydrogens (primary N) is 1. The topological polar surface area (TPSA) is 29.3 Å². The van der Waals surface area contributed by atoms with E-state index < -0.39 is 0 Å². The molecule has 1 aromatic rings. The molecule has 0 heterocycles. The van der Waals surface area contributed by atoms with Crippen LogP contribution in [-0.2, 0) is 6.42 Å². The SMILES string of the molecule is CN(C)c1ccc(CCCCN)cc1Br. The first-order valence-corrected chi connectivity index (χ1v) is 6.10. The molecule has 0 spiro atoms. The largest absolute Gasteiger partial charge is 0.377 e. The molecule has 15 heavy (non-hydrogen) atoms. The minimum Gasteiger partial charge on any atom is -0.377 e. The molecule has 0 bridgehead atoms. The second-order valence-electron chi connectivity index (χ2n) is 3.93. The highest BCUT2D eigenvalue weighted by atomic mass is 79.9. The molecule has 0 saturated heterocycles. The van der Waals surface area contributed by atoms with Gasteiger partial charge in [-0.1, -0.05) is 6.07 Å². The number of aryl methyl sites for hydroxylation is 1. The minimum absolute atomic E-state index is 0.789. The maximum Gasteiger partial charge on any atom is 0.0505 e. The van der Waals surface area contributed by atoms with Gasteiger partial charge in [0, 0.05) is 18.6 Å². The van der Waals surface area contributed by atoms with Gasteiger partial charge in [-0.25, -0.2) is 0 Å². The molecule has 0 fully saturated rings. The molecule has 2 N–H and O–H groups in total. The van der Waals surface area contributed by atoms with Crippen molar-refractivity contribution in [2.45, 2.75) is 19.3 Å². The second kappa shape index (κ2) is 6.13. The zero-order chi connectivity index (χ0) is 11.3. The Morgan fingerprint density at radius 1 is 1.27 bits per heavy atom. The summed E-state index contributed by atoms with van der Waals surface area (Å²) in [6.07, 6.45) is 3.39. The fraction of sp³-hybridized carbons (Fsp3) is 0.500. The molecule has 0 amide bonds. The average molecular weight is 271 g/mol. The number of halogens is 1. The van der Waals surface area contributed by atoms with Gasteiger partial charge < -0.3 is 10.6 Å². The van der Waals surface area contributed by atoms with Crippen molar-refractivity contribution >= 4 is 21.6 Å². The summed E-state index contributed by atoms with van der Waals surface area (Å²) in [6, 6.07) is 6.55. The Bertz CT molecular complexity index is 310. The Balaban J connectivity index is 2.65. The first-order valence-electron chi connectivity index (χ1n) is 5.31. The Hall–Kier alpha value is -0.540. The van der Waals surface area contributed by atoms with E-state index in [1.807, 2.05) is 14.1 Å². The van der Waals surface area contributed by atoms with Gasteiger partial charge in [0.15, 0.2) is 0 Å². The summed E-state index contributed by atoms with van der Waals surface area (Å²) in [5.41, 5.74) is 8.07. The first-order chi connectivity index (χ1) is 7.15. The molecule has 0 aromatic heterocycles. The lowest BCUT2D eigenvalue weighted by Gasteiger charge is -2.15. The molecule has 84 valence electrons. The van der Waals surface area contributed by atoms with Crippen molar-refractivity contribution in [1.82, 2.24) is 0 Å². The Labute approximate surface area is 101 Å². The minimum atomic E-state index is 0.789. The van der Waals surface area contributed by atoms with Crippen molar-refractivity contribution in [1.29, 1.82) is 0 Å². The zero-order valence-electron chi connectivity index (χ0n) is 9.46. The third-order valence-electron chi connectivity index (χ3n) is 2.41. The van der Waals surface area contributed by atoms with Crippen molar-refractivity contribution in [2.24, 2.45) is 5.73 Å². The molecule has 0 saturated carbocycles. The van der Waals surface area contributed by atoms with E-state index in [9.17, 15) is 0 Å². The number of hydrogen-bond donors (Lipinski definition) is 1. The van der Waals surface area contributed by atoms with Crippen LogP contribution in [0, 0.1) is 0 Å². The maximum atomic E-state index is 5.47. The number of rotatable bonds is 5. The number of unbranched alkanes of at least 4 members (excludes halogenated alkanes) is 1. The summed E-state index contributed by atoms with van der Waals surface area (Å²) in [5, 5.41) is 0. The van der Waals surface area contributed by atoms with E-state index in [-0.39, 0.29) is 0 Å². The summed E-state index contributed by atoms with van der Waals surface area (Å²) in [5.74, 6) is 0. The molecule has 0 unspecified atom stereocenters. The second-order valence-corrected chi connectivity index (χ2v) is 4.78. The van der Waals surface area contributed by atoms with Crippen LogP contribution >= 0.6 is 15.9 Å². The van der Waals surface area contributed by atoms with Crippen LogP contribution in [0.1, 0.15) is 18.4 Å². The van der Waals surface area contributed by atoms with Gasteiger partial charge in [-0.2, -0.15) is 0 Å². The van der Waals surface area contributed by atoms with Crippen molar-refractivity contribution in [2.75, 3.05) is 25.5 Å². The summed E-state index contributed by atoms with van der Waals surface area (Å²) >= 11 is 3.59. The van der Waals surface area contributed by atoms with Gasteiger partial charge in [0.25, 0.3) is 0 Å². The highest BCUT2D eigenvalue weighted by Crippen LogP contribution is 2.26. The van der Waals surface area contributed by atoms with Gasteiger partial charge >= 0.3 is 0 Å². The van der Waals surface area contributed by atoms with E-state index in [2.05, 4.69) is 39.0 Å². The van der Waals surface area contributed by atoms with Gasteiger partial charge in [0.2, 0.25) is 0 Å². The standard InChI is InChI=1S/C12H19BrN2/c1-15(2)12-7-6-10(9-11(12)13)5-3-4-8-14/h6-7,9H,3-5,8,14H2,1-2H3. The Morgan fingerprint density at radius 3 is 2.53 bits per heavy atom. The van der Waals surface area contributed by atoms with Crippen LogP contribution in [0.4, 0.5) is 5.69 Å². The summed E-state index contributed by atoms with van der Waals surface area (Å²) in [4.78, 5) is 2.10. The molecule has 0 aliphatic heterocycles. The summed E-state index contributed by atoms with van der Waals surface area (Å²) in [7, 11) is 4.10. The molecule has 1 rings (SSSR count). The molecular weight excluding hydrogens is 252 g/mol. The van der Waals surface area contributed by atoms with Crippen molar-refractivity contribution in [3.8, 4) is 0 Å². The van der Waals surface area contributed by atoms with Crippen molar-refractivity contribution < 1.29 is 0 Å². The van der Waals surface area contributed by atoms with E-state index in [0.717, 1.165) is 23.9 Å². The smallest absolute Gasteiger partial charge is 0.0505 e. The predicted octanol–water partition coefficient (Wildman–Crippen LogP) is 2.80. The van der Waals surface area contributed by atoms with Crippen LogP contribution in [0.25, 0.3) is 0 Å². The predicted molar refractivity (Wildman–Crippen MR) is 70.5 cm³/mol. The number of anilines is 1. The lowest BCUT2D eigenvalue weighted by Crippen LogP contribution is -2.09. The normalized spacial score (nSPS) is 10.4. The van der Waals surface area contributed by atoms with Crippen molar-refractivity contribution in [3.05, 3.63) is 28.2 Å². The maximum absolute atomic E-state index is 5.47. The average Bonchev–Trinajstić information content (AvgIpc) is 2.17. The van der Waals surface area contributed by atoms with E-state index in [4.69, 9.17) is 5.73 Å². The van der Waals surface area contributed by atoms with E-state index >= 15 is 0 Å². The van der Waals surface area contributed by atoms with Gasteiger partial charge in [0.05, 0.1) is 5.69 Å². The summed E-state index contributed by atoms with van der Waals surface area (Å²) < 4.78 is 1.16. The van der Waals surface area contributed by atoms with Crippen LogP contribution in [0.5, 0.6) is 0 Å². The van der Waals surface area contributed by atoms with Gasteiger partial charge in [-0.05, 0) is 59.4 Å². The fourth-order valence-corrected chi connectivity index (χ4v) is 2.32. The zero-order valence-corrected chi connectivity index (χ0v) is 11.0. The van der Waals surface area contributed by atoms with Crippen molar-refractivity contribution in [3.63, 3.8) is 0 Å². The fourth-order valence-electron chi connectivity index (χ4n) is 1.54. The molecule has 0 radical (unpaired) electrons.